The number of nitrogens with zero attached hydrogens (tertiary/aromatic N) is 2. The first-order valence-electron chi connectivity index (χ1n) is 9.58. The van der Waals surface area contributed by atoms with Gasteiger partial charge in [-0.05, 0) is 35.5 Å². The third kappa shape index (κ3) is 3.90. The minimum Gasteiger partial charge on any atom is -0.354 e. The average molecular weight is 539 g/mol. The lowest BCUT2D eigenvalue weighted by molar-refractivity contribution is -0.384. The lowest BCUT2D eigenvalue weighted by Crippen LogP contribution is -2.73. The molecule has 1 spiro atoms. The van der Waals surface area contributed by atoms with Crippen LogP contribution in [0.5, 0.6) is 0 Å². The van der Waals surface area contributed by atoms with Crippen LogP contribution in [0.4, 0.5) is 16.2 Å². The first kappa shape index (κ1) is 24.3. The Bertz CT molecular complexity index is 1260. The molecule has 4 amide bonds. The van der Waals surface area contributed by atoms with E-state index in [0.29, 0.717) is 0 Å². The molecule has 2 aromatic rings. The molecular formula is C19H12Cl2N6O7S. The van der Waals surface area contributed by atoms with Gasteiger partial charge in [-0.1, -0.05) is 35.3 Å². The maximum Gasteiger partial charge on any atom is 0.328 e. The number of amides is 4. The van der Waals surface area contributed by atoms with E-state index in [4.69, 9.17) is 35.4 Å². The zero-order valence-corrected chi connectivity index (χ0v) is 19.4. The first-order chi connectivity index (χ1) is 16.5. The van der Waals surface area contributed by atoms with Crippen LogP contribution in [0.1, 0.15) is 23.2 Å². The van der Waals surface area contributed by atoms with Gasteiger partial charge in [-0.3, -0.25) is 40.5 Å². The zero-order chi connectivity index (χ0) is 25.7. The van der Waals surface area contributed by atoms with Gasteiger partial charge in [-0.15, -0.1) is 0 Å². The average Bonchev–Trinajstić information content (AvgIpc) is 2.77. The number of hydrogen-bond donors (Lipinski definition) is 4. The van der Waals surface area contributed by atoms with Crippen molar-refractivity contribution in [2.45, 2.75) is 12.1 Å². The van der Waals surface area contributed by atoms with E-state index in [1.807, 2.05) is 10.6 Å². The van der Waals surface area contributed by atoms with Gasteiger partial charge in [0, 0.05) is 12.1 Å². The largest absolute Gasteiger partial charge is 0.354 e. The summed E-state index contributed by atoms with van der Waals surface area (Å²) in [6, 6.07) is 3.44. The van der Waals surface area contributed by atoms with Crippen molar-refractivity contribution in [3.63, 3.8) is 0 Å². The number of carbonyl (C=O) groups is 3. The highest BCUT2D eigenvalue weighted by molar-refractivity contribution is 7.80. The number of nitrogens with one attached hydrogen (secondary N) is 4. The SMILES string of the molecule is O=C1NC(=O)C2(C(=O)N1)[C@@H](c1ccc(Cl)c([N+](=O)[O-])c1)NC(=S)N[C@@H]2c1ccc(Cl)c([N+](=O)[O-])c1. The number of hydrogen-bond acceptors (Lipinski definition) is 8. The van der Waals surface area contributed by atoms with E-state index in [2.05, 4.69) is 10.6 Å². The Balaban J connectivity index is 1.99. The predicted molar refractivity (Wildman–Crippen MR) is 125 cm³/mol. The lowest BCUT2D eigenvalue weighted by Gasteiger charge is -2.49. The van der Waals surface area contributed by atoms with Crippen LogP contribution in [-0.4, -0.2) is 32.8 Å². The fourth-order valence-corrected chi connectivity index (χ4v) is 4.77. The zero-order valence-electron chi connectivity index (χ0n) is 17.0. The third-order valence-corrected chi connectivity index (χ3v) is 6.54. The van der Waals surface area contributed by atoms with Crippen LogP contribution in [0.3, 0.4) is 0 Å². The highest BCUT2D eigenvalue weighted by Gasteiger charge is 2.64. The molecule has 2 fully saturated rings. The number of nitro benzene ring substituents is 2. The smallest absolute Gasteiger partial charge is 0.328 e. The number of carbonyl (C=O) groups excluding carboxylic acids is 3. The van der Waals surface area contributed by atoms with E-state index in [1.165, 1.54) is 24.3 Å². The molecule has 2 aromatic carbocycles. The summed E-state index contributed by atoms with van der Waals surface area (Å²) in [7, 11) is 0. The van der Waals surface area contributed by atoms with Crippen molar-refractivity contribution in [1.82, 2.24) is 21.3 Å². The Hall–Kier alpha value is -3.88. The lowest BCUT2D eigenvalue weighted by atomic mass is 9.65. The summed E-state index contributed by atoms with van der Waals surface area (Å²) in [5.41, 5.74) is -3.11. The molecule has 0 saturated carbocycles. The van der Waals surface area contributed by atoms with Gasteiger partial charge in [0.25, 0.3) is 11.4 Å². The van der Waals surface area contributed by atoms with Crippen LogP contribution in [0, 0.1) is 25.6 Å². The molecule has 0 unspecified atom stereocenters. The number of rotatable bonds is 4. The van der Waals surface area contributed by atoms with Crippen LogP contribution in [0.15, 0.2) is 36.4 Å². The van der Waals surface area contributed by atoms with Crippen molar-refractivity contribution in [2.75, 3.05) is 0 Å². The van der Waals surface area contributed by atoms with Crippen molar-refractivity contribution < 1.29 is 24.2 Å². The van der Waals surface area contributed by atoms with E-state index in [1.54, 1.807) is 0 Å². The molecular weight excluding hydrogens is 527 g/mol. The fraction of sp³-hybridized carbons (Fsp3) is 0.158. The van der Waals surface area contributed by atoms with E-state index < -0.39 is 56.6 Å². The molecule has 4 rings (SSSR count). The monoisotopic (exact) mass is 538 g/mol. The van der Waals surface area contributed by atoms with Crippen molar-refractivity contribution in [2.24, 2.45) is 5.41 Å². The molecule has 0 radical (unpaired) electrons. The molecule has 4 N–H and O–H groups in total. The van der Waals surface area contributed by atoms with E-state index in [9.17, 15) is 34.6 Å². The van der Waals surface area contributed by atoms with Gasteiger partial charge in [0.1, 0.15) is 10.0 Å². The van der Waals surface area contributed by atoms with E-state index in [-0.39, 0.29) is 26.3 Å². The Morgan fingerprint density at radius 1 is 0.800 bits per heavy atom. The Morgan fingerprint density at radius 2 is 1.20 bits per heavy atom. The van der Waals surface area contributed by atoms with Crippen LogP contribution < -0.4 is 21.3 Å². The van der Waals surface area contributed by atoms with Crippen LogP contribution >= 0.6 is 35.4 Å². The van der Waals surface area contributed by atoms with Gasteiger partial charge in [0.15, 0.2) is 10.5 Å². The molecule has 0 bridgehead atoms. The van der Waals surface area contributed by atoms with Gasteiger partial charge in [0.05, 0.1) is 21.9 Å². The second-order valence-corrected chi connectivity index (χ2v) is 8.75. The highest BCUT2D eigenvalue weighted by Crippen LogP contribution is 2.49. The summed E-state index contributed by atoms with van der Waals surface area (Å²) in [5.74, 6) is -2.14. The molecule has 2 aliphatic heterocycles. The molecule has 35 heavy (non-hydrogen) atoms. The minimum absolute atomic E-state index is 0.0677. The molecule has 2 saturated heterocycles. The minimum atomic E-state index is -2.24. The van der Waals surface area contributed by atoms with E-state index in [0.717, 1.165) is 12.1 Å². The van der Waals surface area contributed by atoms with Crippen LogP contribution in [-0.2, 0) is 9.59 Å². The quantitative estimate of drug-likeness (QED) is 0.195. The number of thiocarbonyl (C=S) groups is 1. The second-order valence-electron chi connectivity index (χ2n) is 7.53. The summed E-state index contributed by atoms with van der Waals surface area (Å²) in [4.78, 5) is 60.1. The van der Waals surface area contributed by atoms with Gasteiger partial charge in [0.2, 0.25) is 11.8 Å². The molecule has 0 aliphatic carbocycles. The normalized spacial score (nSPS) is 21.0. The number of halogens is 2. The highest BCUT2D eigenvalue weighted by atomic mass is 35.5. The fourth-order valence-electron chi connectivity index (χ4n) is 4.16. The van der Waals surface area contributed by atoms with Crippen LogP contribution in [0.25, 0.3) is 0 Å². The first-order valence-corrected chi connectivity index (χ1v) is 10.7. The van der Waals surface area contributed by atoms with Gasteiger partial charge in [-0.2, -0.15) is 0 Å². The third-order valence-electron chi connectivity index (χ3n) is 5.67. The summed E-state index contributed by atoms with van der Waals surface area (Å²) >= 11 is 17.1. The summed E-state index contributed by atoms with van der Waals surface area (Å²) in [6.45, 7) is 0. The molecule has 2 aliphatic rings. The number of imide groups is 2. The summed E-state index contributed by atoms with van der Waals surface area (Å²) in [6.07, 6.45) is 0. The molecule has 0 aromatic heterocycles. The Kier molecular flexibility index (Phi) is 6.04. The van der Waals surface area contributed by atoms with Crippen molar-refractivity contribution in [3.05, 3.63) is 77.8 Å². The Labute approximate surface area is 210 Å². The Morgan fingerprint density at radius 3 is 1.57 bits per heavy atom. The predicted octanol–water partition coefficient (Wildman–Crippen LogP) is 2.42. The molecule has 180 valence electrons. The van der Waals surface area contributed by atoms with Crippen molar-refractivity contribution in [3.8, 4) is 0 Å². The second kappa shape index (κ2) is 8.72. The number of benzene rings is 2. The number of nitro groups is 2. The number of urea groups is 1. The van der Waals surface area contributed by atoms with Crippen molar-refractivity contribution in [1.29, 1.82) is 0 Å². The van der Waals surface area contributed by atoms with Crippen LogP contribution in [0.2, 0.25) is 10.0 Å². The van der Waals surface area contributed by atoms with E-state index >= 15 is 0 Å². The molecule has 2 atom stereocenters. The molecule has 13 nitrogen and oxygen atoms in total. The molecule has 16 heteroatoms. The molecule has 2 heterocycles. The van der Waals surface area contributed by atoms with Gasteiger partial charge < -0.3 is 10.6 Å². The maximum absolute atomic E-state index is 13.4. The maximum atomic E-state index is 13.4. The number of barbiturate groups is 1. The van der Waals surface area contributed by atoms with Crippen molar-refractivity contribution >= 4 is 69.8 Å². The standard InChI is InChI=1S/C19H12Cl2N6O7S/c20-9-3-1-7(5-11(9)26(31)32)13-19(15(28)24-17(30)25-16(19)29)14(23-18(35)22-13)8-2-4-10(21)12(6-8)27(33)34/h1-6,13-14H,(H2,22,23,35)(H2,24,25,28,29,30)/t13-,14-/m1/s1. The summed E-state index contributed by atoms with van der Waals surface area (Å²) < 4.78 is 0. The van der Waals surface area contributed by atoms with Gasteiger partial charge in [-0.25, -0.2) is 4.79 Å². The van der Waals surface area contributed by atoms with Gasteiger partial charge >= 0.3 is 6.03 Å². The summed E-state index contributed by atoms with van der Waals surface area (Å²) in [5, 5.41) is 32.1. The topological polar surface area (TPSA) is 186 Å².